The molecule has 192 valence electrons. The SMILES string of the molecule is Cc1cc(C2CN(C(=O)[C@@H]3CC[C@@H]4C[C@H]5C[C@H]5C[C@H](NC(=O)c5cc6ccccc6s5)C(=O)N43)C2)on1. The molecular formula is C28H30N4O4S. The van der Waals surface area contributed by atoms with Gasteiger partial charge in [0.15, 0.2) is 0 Å². The molecule has 4 fully saturated rings. The van der Waals surface area contributed by atoms with E-state index in [1.165, 1.54) is 11.3 Å². The fourth-order valence-electron chi connectivity index (χ4n) is 6.58. The van der Waals surface area contributed by atoms with Crippen LogP contribution in [0.2, 0.25) is 0 Å². The molecule has 1 saturated carbocycles. The number of aromatic nitrogens is 1. The molecule has 0 spiro atoms. The van der Waals surface area contributed by atoms with E-state index >= 15 is 0 Å². The van der Waals surface area contributed by atoms with E-state index in [0.717, 1.165) is 40.8 Å². The molecule has 1 aromatic carbocycles. The largest absolute Gasteiger partial charge is 0.361 e. The standard InChI is InChI=1S/C28H30N4O4S/c1-15-8-23(36-30-15)19-13-31(14-19)28(35)22-7-6-20-10-17-9-18(17)11-21(27(34)32(20)22)29-26(33)25-12-16-4-2-3-5-24(16)37-25/h2-5,8,12,17-22H,6-7,9-11,13-14H2,1H3,(H,29,33)/t17-,18+,20-,21+,22+/m1/s1. The Morgan fingerprint density at radius 1 is 1.08 bits per heavy atom. The predicted molar refractivity (Wildman–Crippen MR) is 138 cm³/mol. The molecule has 1 aliphatic carbocycles. The second-order valence-electron chi connectivity index (χ2n) is 11.2. The van der Waals surface area contributed by atoms with Gasteiger partial charge in [-0.25, -0.2) is 0 Å². The van der Waals surface area contributed by atoms with Crippen molar-refractivity contribution < 1.29 is 18.9 Å². The van der Waals surface area contributed by atoms with E-state index in [1.807, 2.05) is 53.1 Å². The van der Waals surface area contributed by atoms with Crippen molar-refractivity contribution in [1.82, 2.24) is 20.3 Å². The van der Waals surface area contributed by atoms with E-state index in [0.29, 0.717) is 42.6 Å². The van der Waals surface area contributed by atoms with Gasteiger partial charge in [-0.15, -0.1) is 11.3 Å². The normalized spacial score (nSPS) is 29.3. The topological polar surface area (TPSA) is 95.8 Å². The lowest BCUT2D eigenvalue weighted by molar-refractivity contribution is -0.150. The quantitative estimate of drug-likeness (QED) is 0.568. The number of fused-ring (bicyclic) bond motifs is 3. The van der Waals surface area contributed by atoms with E-state index in [-0.39, 0.29) is 29.7 Å². The molecule has 3 aliphatic heterocycles. The predicted octanol–water partition coefficient (Wildman–Crippen LogP) is 3.71. The van der Waals surface area contributed by atoms with Gasteiger partial charge in [0, 0.05) is 29.9 Å². The van der Waals surface area contributed by atoms with Gasteiger partial charge < -0.3 is 19.6 Å². The smallest absolute Gasteiger partial charge is 0.262 e. The maximum atomic E-state index is 13.9. The summed E-state index contributed by atoms with van der Waals surface area (Å²) in [6.45, 7) is 3.07. The highest BCUT2D eigenvalue weighted by Crippen LogP contribution is 2.49. The Bertz CT molecular complexity index is 1360. The molecule has 3 saturated heterocycles. The van der Waals surface area contributed by atoms with Crippen LogP contribution in [0.25, 0.3) is 10.1 Å². The molecule has 3 aromatic rings. The summed E-state index contributed by atoms with van der Waals surface area (Å²) >= 11 is 1.45. The number of likely N-dealkylation sites (tertiary alicyclic amines) is 1. The number of carbonyl (C=O) groups excluding carboxylic acids is 3. The van der Waals surface area contributed by atoms with Crippen LogP contribution in [0, 0.1) is 18.8 Å². The molecule has 0 unspecified atom stereocenters. The number of aryl methyl sites for hydroxylation is 1. The number of thiophene rings is 1. The van der Waals surface area contributed by atoms with Crippen molar-refractivity contribution in [3.8, 4) is 0 Å². The zero-order chi connectivity index (χ0) is 25.3. The first-order valence-corrected chi connectivity index (χ1v) is 14.1. The Kier molecular flexibility index (Phi) is 5.39. The van der Waals surface area contributed by atoms with Gasteiger partial charge in [-0.3, -0.25) is 14.4 Å². The molecule has 3 amide bonds. The third-order valence-electron chi connectivity index (χ3n) is 8.72. The number of hydrogen-bond acceptors (Lipinski definition) is 6. The summed E-state index contributed by atoms with van der Waals surface area (Å²) in [5.74, 6) is 1.76. The summed E-state index contributed by atoms with van der Waals surface area (Å²) in [7, 11) is 0. The Labute approximate surface area is 219 Å². The Morgan fingerprint density at radius 2 is 1.89 bits per heavy atom. The van der Waals surface area contributed by atoms with Crippen molar-refractivity contribution >= 4 is 39.1 Å². The minimum absolute atomic E-state index is 0.0193. The second-order valence-corrected chi connectivity index (χ2v) is 12.3. The Hall–Kier alpha value is -3.20. The molecule has 9 heteroatoms. The number of nitrogens with one attached hydrogen (secondary N) is 1. The monoisotopic (exact) mass is 518 g/mol. The van der Waals surface area contributed by atoms with E-state index in [4.69, 9.17) is 4.52 Å². The van der Waals surface area contributed by atoms with Crippen LogP contribution in [-0.2, 0) is 9.59 Å². The average Bonchev–Trinajstić information content (AvgIpc) is 3.22. The fraction of sp³-hybridized carbons (Fsp3) is 0.500. The van der Waals surface area contributed by atoms with Gasteiger partial charge in [0.1, 0.15) is 17.8 Å². The van der Waals surface area contributed by atoms with Gasteiger partial charge in [-0.1, -0.05) is 23.4 Å². The fourth-order valence-corrected chi connectivity index (χ4v) is 7.55. The molecule has 7 rings (SSSR count). The molecule has 0 bridgehead atoms. The van der Waals surface area contributed by atoms with Crippen LogP contribution in [0.1, 0.15) is 59.1 Å². The summed E-state index contributed by atoms with van der Waals surface area (Å²) in [5, 5.41) is 8.06. The minimum atomic E-state index is -0.592. The molecule has 5 heterocycles. The van der Waals surface area contributed by atoms with Crippen molar-refractivity contribution in [2.45, 2.75) is 63.1 Å². The zero-order valence-corrected chi connectivity index (χ0v) is 21.6. The van der Waals surface area contributed by atoms with Crippen molar-refractivity contribution in [2.75, 3.05) is 13.1 Å². The first-order chi connectivity index (χ1) is 17.9. The Balaban J connectivity index is 1.08. The van der Waals surface area contributed by atoms with Gasteiger partial charge in [0.2, 0.25) is 11.8 Å². The van der Waals surface area contributed by atoms with Crippen LogP contribution in [0.4, 0.5) is 0 Å². The molecule has 4 aliphatic rings. The van der Waals surface area contributed by atoms with E-state index in [2.05, 4.69) is 10.5 Å². The van der Waals surface area contributed by atoms with Crippen molar-refractivity contribution in [2.24, 2.45) is 11.8 Å². The van der Waals surface area contributed by atoms with Gasteiger partial charge in [-0.2, -0.15) is 0 Å². The first kappa shape index (κ1) is 23.0. The molecule has 37 heavy (non-hydrogen) atoms. The summed E-state index contributed by atoms with van der Waals surface area (Å²) < 4.78 is 6.44. The van der Waals surface area contributed by atoms with Crippen LogP contribution in [0.5, 0.6) is 0 Å². The second kappa shape index (κ2) is 8.68. The maximum Gasteiger partial charge on any atom is 0.262 e. The number of nitrogens with zero attached hydrogens (tertiary/aromatic N) is 3. The third kappa shape index (κ3) is 4.04. The van der Waals surface area contributed by atoms with Crippen molar-refractivity contribution in [3.63, 3.8) is 0 Å². The van der Waals surface area contributed by atoms with Gasteiger partial charge in [0.25, 0.3) is 5.91 Å². The summed E-state index contributed by atoms with van der Waals surface area (Å²) in [5.41, 5.74) is 0.840. The average molecular weight is 519 g/mol. The lowest BCUT2D eigenvalue weighted by atomic mass is 9.95. The van der Waals surface area contributed by atoms with Crippen LogP contribution >= 0.6 is 11.3 Å². The van der Waals surface area contributed by atoms with Crippen LogP contribution in [0.3, 0.4) is 0 Å². The van der Waals surface area contributed by atoms with Crippen LogP contribution in [0.15, 0.2) is 40.9 Å². The van der Waals surface area contributed by atoms with Gasteiger partial charge in [-0.05, 0) is 68.4 Å². The highest BCUT2D eigenvalue weighted by molar-refractivity contribution is 7.20. The van der Waals surface area contributed by atoms with Crippen molar-refractivity contribution in [1.29, 1.82) is 0 Å². The van der Waals surface area contributed by atoms with Crippen LogP contribution in [-0.4, -0.2) is 63.9 Å². The lowest BCUT2D eigenvalue weighted by Crippen LogP contribution is -2.59. The van der Waals surface area contributed by atoms with Gasteiger partial charge in [0.05, 0.1) is 16.5 Å². The number of hydrogen-bond donors (Lipinski definition) is 1. The molecule has 5 atom stereocenters. The highest BCUT2D eigenvalue weighted by Gasteiger charge is 2.52. The summed E-state index contributed by atoms with van der Waals surface area (Å²) in [6.07, 6.45) is 4.26. The number of carbonyl (C=O) groups is 3. The molecule has 0 radical (unpaired) electrons. The minimum Gasteiger partial charge on any atom is -0.361 e. The molecule has 8 nitrogen and oxygen atoms in total. The zero-order valence-electron chi connectivity index (χ0n) is 20.8. The third-order valence-corrected chi connectivity index (χ3v) is 9.83. The molecule has 2 aromatic heterocycles. The van der Waals surface area contributed by atoms with E-state index < -0.39 is 12.1 Å². The number of amides is 3. The van der Waals surface area contributed by atoms with E-state index in [9.17, 15) is 14.4 Å². The number of rotatable bonds is 4. The molecular weight excluding hydrogens is 488 g/mol. The highest BCUT2D eigenvalue weighted by atomic mass is 32.1. The molecule has 1 N–H and O–H groups in total. The van der Waals surface area contributed by atoms with Crippen LogP contribution < -0.4 is 5.32 Å². The maximum absolute atomic E-state index is 13.9. The summed E-state index contributed by atoms with van der Waals surface area (Å²) in [6, 6.07) is 10.8. The lowest BCUT2D eigenvalue weighted by Gasteiger charge is -2.42. The van der Waals surface area contributed by atoms with E-state index in [1.54, 1.807) is 0 Å². The Morgan fingerprint density at radius 3 is 2.68 bits per heavy atom. The number of benzene rings is 1. The summed E-state index contributed by atoms with van der Waals surface area (Å²) in [4.78, 5) is 45.0. The van der Waals surface area contributed by atoms with Gasteiger partial charge >= 0.3 is 0 Å². The first-order valence-electron chi connectivity index (χ1n) is 13.3. The van der Waals surface area contributed by atoms with Crippen molar-refractivity contribution in [3.05, 3.63) is 52.7 Å².